The zero-order valence-electron chi connectivity index (χ0n) is 13.2. The van der Waals surface area contributed by atoms with Crippen molar-refractivity contribution in [1.82, 2.24) is 9.21 Å². The summed E-state index contributed by atoms with van der Waals surface area (Å²) in [4.78, 5) is 13.7. The molecular weight excluding hydrogens is 355 g/mol. The summed E-state index contributed by atoms with van der Waals surface area (Å²) in [5, 5.41) is 0.173. The zero-order valence-corrected chi connectivity index (χ0v) is 14.8. The Morgan fingerprint density at radius 3 is 2.54 bits per heavy atom. The maximum absolute atomic E-state index is 14.0. The van der Waals surface area contributed by atoms with Gasteiger partial charge in [-0.15, -0.1) is 0 Å². The van der Waals surface area contributed by atoms with Crippen LogP contribution < -0.4 is 0 Å². The minimum Gasteiger partial charge on any atom is -0.341 e. The van der Waals surface area contributed by atoms with Gasteiger partial charge in [-0.1, -0.05) is 18.0 Å². The standard InChI is InChI=1S/C16H20ClFN2O3S/c17-13-5-6-14(18)15(11-13)24(22,23)20-8-2-7-19(9-10-20)16(21)12-3-1-4-12/h5-6,11-12H,1-4,7-10H2. The first-order chi connectivity index (χ1) is 11.4. The van der Waals surface area contributed by atoms with Crippen LogP contribution in [0, 0.1) is 11.7 Å². The molecule has 1 heterocycles. The molecule has 0 spiro atoms. The molecule has 1 aromatic carbocycles. The van der Waals surface area contributed by atoms with Crippen molar-refractivity contribution in [3.8, 4) is 0 Å². The van der Waals surface area contributed by atoms with Crippen molar-refractivity contribution >= 4 is 27.5 Å². The van der Waals surface area contributed by atoms with E-state index in [-0.39, 0.29) is 29.9 Å². The monoisotopic (exact) mass is 374 g/mol. The van der Waals surface area contributed by atoms with E-state index < -0.39 is 20.7 Å². The molecule has 2 aliphatic rings. The highest BCUT2D eigenvalue weighted by molar-refractivity contribution is 7.89. The molecule has 3 rings (SSSR count). The van der Waals surface area contributed by atoms with E-state index in [2.05, 4.69) is 0 Å². The van der Waals surface area contributed by atoms with Crippen LogP contribution in [0.3, 0.4) is 0 Å². The number of hydrogen-bond donors (Lipinski definition) is 0. The number of halogens is 2. The highest BCUT2D eigenvalue weighted by Crippen LogP contribution is 2.29. The summed E-state index contributed by atoms with van der Waals surface area (Å²) < 4.78 is 40.6. The third-order valence-electron chi connectivity index (χ3n) is 4.73. The van der Waals surface area contributed by atoms with E-state index in [0.717, 1.165) is 31.4 Å². The van der Waals surface area contributed by atoms with Gasteiger partial charge in [0.15, 0.2) is 0 Å². The van der Waals surface area contributed by atoms with Crippen molar-refractivity contribution in [2.75, 3.05) is 26.2 Å². The molecule has 0 aromatic heterocycles. The maximum Gasteiger partial charge on any atom is 0.246 e. The second-order valence-corrected chi connectivity index (χ2v) is 8.63. The van der Waals surface area contributed by atoms with Gasteiger partial charge in [0.2, 0.25) is 15.9 Å². The van der Waals surface area contributed by atoms with Crippen molar-refractivity contribution in [2.24, 2.45) is 5.92 Å². The molecule has 1 saturated heterocycles. The Kier molecular flexibility index (Phi) is 5.13. The lowest BCUT2D eigenvalue weighted by molar-refractivity contribution is -0.138. The van der Waals surface area contributed by atoms with Gasteiger partial charge in [0.1, 0.15) is 10.7 Å². The average Bonchev–Trinajstić information content (AvgIpc) is 2.74. The van der Waals surface area contributed by atoms with E-state index in [9.17, 15) is 17.6 Å². The van der Waals surface area contributed by atoms with Crippen molar-refractivity contribution in [1.29, 1.82) is 0 Å². The van der Waals surface area contributed by atoms with Crippen molar-refractivity contribution in [2.45, 2.75) is 30.6 Å². The molecule has 1 aliphatic carbocycles. The molecule has 0 radical (unpaired) electrons. The van der Waals surface area contributed by atoms with Gasteiger partial charge in [-0.25, -0.2) is 12.8 Å². The summed E-state index contributed by atoms with van der Waals surface area (Å²) in [6.45, 7) is 1.33. The third kappa shape index (κ3) is 3.43. The van der Waals surface area contributed by atoms with Crippen molar-refractivity contribution < 1.29 is 17.6 Å². The lowest BCUT2D eigenvalue weighted by Gasteiger charge is -2.31. The third-order valence-corrected chi connectivity index (χ3v) is 6.88. The second kappa shape index (κ2) is 6.98. The van der Waals surface area contributed by atoms with Gasteiger partial charge in [-0.05, 0) is 37.5 Å². The SMILES string of the molecule is O=C(C1CCC1)N1CCCN(S(=O)(=O)c2cc(Cl)ccc2F)CC1. The van der Waals surface area contributed by atoms with E-state index in [1.54, 1.807) is 4.90 Å². The Balaban J connectivity index is 1.75. The van der Waals surface area contributed by atoms with Gasteiger partial charge in [-0.3, -0.25) is 4.79 Å². The summed E-state index contributed by atoms with van der Waals surface area (Å²) >= 11 is 5.81. The highest BCUT2D eigenvalue weighted by atomic mass is 35.5. The van der Waals surface area contributed by atoms with Gasteiger partial charge < -0.3 is 4.90 Å². The first-order valence-electron chi connectivity index (χ1n) is 8.13. The predicted molar refractivity (Wildman–Crippen MR) is 88.7 cm³/mol. The molecule has 0 N–H and O–H groups in total. The van der Waals surface area contributed by atoms with Crippen LogP contribution in [0.1, 0.15) is 25.7 Å². The molecule has 2 fully saturated rings. The van der Waals surface area contributed by atoms with Crippen molar-refractivity contribution in [3.63, 3.8) is 0 Å². The Hall–Kier alpha value is -1.18. The van der Waals surface area contributed by atoms with Crippen LogP contribution in [0.5, 0.6) is 0 Å². The summed E-state index contributed by atoms with van der Waals surface area (Å²) in [5.74, 6) is -0.598. The van der Waals surface area contributed by atoms with Crippen LogP contribution in [0.25, 0.3) is 0 Å². The fourth-order valence-electron chi connectivity index (χ4n) is 3.08. The summed E-state index contributed by atoms with van der Waals surface area (Å²) in [7, 11) is -3.96. The largest absolute Gasteiger partial charge is 0.341 e. The maximum atomic E-state index is 14.0. The predicted octanol–water partition coefficient (Wildman–Crippen LogP) is 2.50. The molecule has 1 aromatic rings. The van der Waals surface area contributed by atoms with Crippen molar-refractivity contribution in [3.05, 3.63) is 29.0 Å². The molecule has 1 amide bonds. The van der Waals surface area contributed by atoms with E-state index in [4.69, 9.17) is 11.6 Å². The van der Waals surface area contributed by atoms with E-state index in [0.29, 0.717) is 19.5 Å². The molecule has 0 unspecified atom stereocenters. The molecule has 1 aliphatic heterocycles. The second-order valence-electron chi connectivity index (χ2n) is 6.29. The Morgan fingerprint density at radius 2 is 1.88 bits per heavy atom. The Labute approximate surface area is 146 Å². The quantitative estimate of drug-likeness (QED) is 0.816. The normalized spacial score (nSPS) is 20.5. The lowest BCUT2D eigenvalue weighted by Crippen LogP contribution is -2.41. The summed E-state index contributed by atoms with van der Waals surface area (Å²) in [6.07, 6.45) is 3.47. The number of carbonyl (C=O) groups excluding carboxylic acids is 1. The minimum absolute atomic E-state index is 0.0959. The first kappa shape index (κ1) is 17.6. The number of amides is 1. The van der Waals surface area contributed by atoms with Crippen LogP contribution in [-0.2, 0) is 14.8 Å². The van der Waals surface area contributed by atoms with Gasteiger partial charge >= 0.3 is 0 Å². The number of benzene rings is 1. The zero-order chi connectivity index (χ0) is 17.3. The number of carbonyl (C=O) groups is 1. The van der Waals surface area contributed by atoms with Gasteiger partial charge in [0.05, 0.1) is 0 Å². The topological polar surface area (TPSA) is 57.7 Å². The fourth-order valence-corrected chi connectivity index (χ4v) is 4.88. The summed E-state index contributed by atoms with van der Waals surface area (Å²) in [6, 6.07) is 3.51. The molecule has 24 heavy (non-hydrogen) atoms. The van der Waals surface area contributed by atoms with Gasteiger partial charge in [0, 0.05) is 37.1 Å². The molecule has 0 bridgehead atoms. The minimum atomic E-state index is -3.96. The molecule has 1 saturated carbocycles. The number of nitrogens with zero attached hydrogens (tertiary/aromatic N) is 2. The molecule has 132 valence electrons. The summed E-state index contributed by atoms with van der Waals surface area (Å²) in [5.41, 5.74) is 0. The van der Waals surface area contributed by atoms with Gasteiger partial charge in [-0.2, -0.15) is 4.31 Å². The van der Waals surface area contributed by atoms with E-state index in [1.807, 2.05) is 0 Å². The van der Waals surface area contributed by atoms with E-state index in [1.165, 1.54) is 10.4 Å². The van der Waals surface area contributed by atoms with E-state index >= 15 is 0 Å². The van der Waals surface area contributed by atoms with Crippen LogP contribution in [-0.4, -0.2) is 49.7 Å². The smallest absolute Gasteiger partial charge is 0.246 e. The molecular formula is C16H20ClFN2O3S. The number of rotatable bonds is 3. The number of hydrogen-bond acceptors (Lipinski definition) is 3. The van der Waals surface area contributed by atoms with Crippen LogP contribution in [0.4, 0.5) is 4.39 Å². The Bertz CT molecular complexity index is 737. The van der Waals surface area contributed by atoms with Crippen LogP contribution in [0.2, 0.25) is 5.02 Å². The highest BCUT2D eigenvalue weighted by Gasteiger charge is 2.33. The molecule has 0 atom stereocenters. The first-order valence-corrected chi connectivity index (χ1v) is 9.95. The average molecular weight is 375 g/mol. The fraction of sp³-hybridized carbons (Fsp3) is 0.562. The lowest BCUT2D eigenvalue weighted by atomic mass is 9.84. The van der Waals surface area contributed by atoms with Gasteiger partial charge in [0.25, 0.3) is 0 Å². The number of sulfonamides is 1. The Morgan fingerprint density at radius 1 is 1.12 bits per heavy atom. The van der Waals surface area contributed by atoms with Crippen LogP contribution >= 0.6 is 11.6 Å². The molecule has 5 nitrogen and oxygen atoms in total. The molecule has 8 heteroatoms. The van der Waals surface area contributed by atoms with Crippen LogP contribution in [0.15, 0.2) is 23.1 Å².